The predicted molar refractivity (Wildman–Crippen MR) is 73.5 cm³/mol. The van der Waals surface area contributed by atoms with E-state index in [0.29, 0.717) is 5.69 Å². The van der Waals surface area contributed by atoms with Crippen molar-refractivity contribution in [3.8, 4) is 11.8 Å². The number of hydrogen-bond donors (Lipinski definition) is 1. The number of nitrogens with zero attached hydrogens (tertiary/aromatic N) is 2. The lowest BCUT2D eigenvalue weighted by Gasteiger charge is -1.95. The molecule has 1 N–H and O–H groups in total. The van der Waals surface area contributed by atoms with Gasteiger partial charge in [0.15, 0.2) is 5.82 Å². The molecule has 1 rings (SSSR count). The van der Waals surface area contributed by atoms with Gasteiger partial charge >= 0.3 is 0 Å². The highest BCUT2D eigenvalue weighted by molar-refractivity contribution is 5.76. The highest BCUT2D eigenvalue weighted by Crippen LogP contribution is 2.04. The SMILES string of the molecule is C=C/C(C#Cc1ccc(F)c(/C=N/O)n1)=C\C=C/C. The summed E-state index contributed by atoms with van der Waals surface area (Å²) < 4.78 is 13.2. The van der Waals surface area contributed by atoms with E-state index < -0.39 is 5.82 Å². The van der Waals surface area contributed by atoms with Crippen LogP contribution in [0, 0.1) is 17.7 Å². The van der Waals surface area contributed by atoms with Crippen LogP contribution in [0.5, 0.6) is 0 Å². The summed E-state index contributed by atoms with van der Waals surface area (Å²) in [5.41, 5.74) is 1.04. The maximum absolute atomic E-state index is 13.2. The molecular weight excluding hydrogens is 243 g/mol. The van der Waals surface area contributed by atoms with Crippen LogP contribution in [-0.4, -0.2) is 16.4 Å². The molecule has 3 nitrogen and oxygen atoms in total. The third-order valence-corrected chi connectivity index (χ3v) is 2.08. The molecule has 0 atom stereocenters. The van der Waals surface area contributed by atoms with Gasteiger partial charge in [0.1, 0.15) is 11.4 Å². The summed E-state index contributed by atoms with van der Waals surface area (Å²) in [6.45, 7) is 5.54. The Bertz CT molecular complexity index is 604. The lowest BCUT2D eigenvalue weighted by molar-refractivity contribution is 0.321. The number of rotatable bonds is 3. The molecule has 0 fully saturated rings. The van der Waals surface area contributed by atoms with Crippen molar-refractivity contribution in [1.82, 2.24) is 4.98 Å². The van der Waals surface area contributed by atoms with E-state index in [0.717, 1.165) is 11.8 Å². The van der Waals surface area contributed by atoms with Crippen molar-refractivity contribution >= 4 is 6.21 Å². The van der Waals surface area contributed by atoms with Crippen molar-refractivity contribution in [3.63, 3.8) is 0 Å². The molecule has 0 saturated carbocycles. The fraction of sp³-hybridized carbons (Fsp3) is 0.0667. The second-order valence-electron chi connectivity index (χ2n) is 3.41. The van der Waals surface area contributed by atoms with Crippen molar-refractivity contribution in [2.24, 2.45) is 5.16 Å². The topological polar surface area (TPSA) is 45.5 Å². The molecule has 4 heteroatoms. The lowest BCUT2D eigenvalue weighted by Crippen LogP contribution is -1.95. The molecule has 96 valence electrons. The molecule has 0 saturated heterocycles. The normalized spacial score (nSPS) is 11.6. The molecule has 0 aromatic carbocycles. The van der Waals surface area contributed by atoms with Gasteiger partial charge in [0.2, 0.25) is 0 Å². The van der Waals surface area contributed by atoms with Crippen LogP contribution in [0.3, 0.4) is 0 Å². The van der Waals surface area contributed by atoms with Gasteiger partial charge in [-0.25, -0.2) is 9.37 Å². The van der Waals surface area contributed by atoms with Gasteiger partial charge in [-0.3, -0.25) is 0 Å². The van der Waals surface area contributed by atoms with Crippen molar-refractivity contribution in [2.75, 3.05) is 0 Å². The number of allylic oxidation sites excluding steroid dienone is 5. The first kappa shape index (κ1) is 14.4. The minimum absolute atomic E-state index is 0.0631. The first-order valence-corrected chi connectivity index (χ1v) is 5.52. The molecule has 0 radical (unpaired) electrons. The molecule has 0 aliphatic rings. The van der Waals surface area contributed by atoms with Crippen LogP contribution in [0.2, 0.25) is 0 Å². The lowest BCUT2D eigenvalue weighted by atomic mass is 10.2. The fourth-order valence-corrected chi connectivity index (χ4v) is 1.17. The third-order valence-electron chi connectivity index (χ3n) is 2.08. The van der Waals surface area contributed by atoms with E-state index >= 15 is 0 Å². The quantitative estimate of drug-likeness (QED) is 0.297. The standard InChI is InChI=1S/C15H13FN2O/c1-3-5-6-12(4-2)7-8-13-9-10-14(16)15(18-13)11-17-19/h3-6,9-11,19H,2H2,1H3/b5-3-,12-6+,17-11+. The Morgan fingerprint density at radius 3 is 2.95 bits per heavy atom. The van der Waals surface area contributed by atoms with Crippen molar-refractivity contribution < 1.29 is 9.60 Å². The van der Waals surface area contributed by atoms with E-state index in [2.05, 4.69) is 28.6 Å². The zero-order chi connectivity index (χ0) is 14.1. The first-order chi connectivity index (χ1) is 9.21. The Balaban J connectivity index is 3.06. The molecule has 0 aliphatic heterocycles. The van der Waals surface area contributed by atoms with E-state index in [4.69, 9.17) is 5.21 Å². The third kappa shape index (κ3) is 4.60. The van der Waals surface area contributed by atoms with Crippen LogP contribution in [-0.2, 0) is 0 Å². The molecule has 1 aromatic rings. The second-order valence-corrected chi connectivity index (χ2v) is 3.41. The van der Waals surface area contributed by atoms with Crippen molar-refractivity contribution in [3.05, 3.63) is 65.8 Å². The molecule has 19 heavy (non-hydrogen) atoms. The van der Waals surface area contributed by atoms with E-state index in [1.165, 1.54) is 12.1 Å². The van der Waals surface area contributed by atoms with Crippen LogP contribution >= 0.6 is 0 Å². The van der Waals surface area contributed by atoms with Gasteiger partial charge in [-0.2, -0.15) is 0 Å². The number of aromatic nitrogens is 1. The highest BCUT2D eigenvalue weighted by atomic mass is 19.1. The Labute approximate surface area is 111 Å². The molecule has 1 heterocycles. The molecule has 0 aliphatic carbocycles. The molecule has 1 aromatic heterocycles. The summed E-state index contributed by atoms with van der Waals surface area (Å²) in [6.07, 6.45) is 8.06. The molecule has 0 amide bonds. The fourth-order valence-electron chi connectivity index (χ4n) is 1.17. The summed E-state index contributed by atoms with van der Waals surface area (Å²) in [5.74, 6) is 5.07. The van der Waals surface area contributed by atoms with Crippen LogP contribution in [0.25, 0.3) is 0 Å². The Morgan fingerprint density at radius 1 is 1.53 bits per heavy atom. The maximum atomic E-state index is 13.2. The van der Waals surface area contributed by atoms with Gasteiger partial charge in [-0.05, 0) is 31.1 Å². The van der Waals surface area contributed by atoms with Crippen LogP contribution in [0.15, 0.2) is 53.7 Å². The zero-order valence-electron chi connectivity index (χ0n) is 10.5. The minimum atomic E-state index is -0.572. The smallest absolute Gasteiger partial charge is 0.150 e. The largest absolute Gasteiger partial charge is 0.411 e. The average Bonchev–Trinajstić information content (AvgIpc) is 2.42. The summed E-state index contributed by atoms with van der Waals surface area (Å²) >= 11 is 0. The van der Waals surface area contributed by atoms with E-state index in [9.17, 15) is 4.39 Å². The van der Waals surface area contributed by atoms with Crippen molar-refractivity contribution in [1.29, 1.82) is 0 Å². The van der Waals surface area contributed by atoms with Crippen LogP contribution in [0.1, 0.15) is 18.3 Å². The summed E-state index contributed by atoms with van der Waals surface area (Å²) in [6, 6.07) is 2.67. The second kappa shape index (κ2) is 7.62. The number of hydrogen-bond acceptors (Lipinski definition) is 3. The summed E-state index contributed by atoms with van der Waals surface area (Å²) in [5, 5.41) is 11.1. The number of pyridine rings is 1. The first-order valence-electron chi connectivity index (χ1n) is 5.52. The van der Waals surface area contributed by atoms with Crippen LogP contribution < -0.4 is 0 Å². The average molecular weight is 256 g/mol. The van der Waals surface area contributed by atoms with Gasteiger partial charge < -0.3 is 5.21 Å². The van der Waals surface area contributed by atoms with E-state index in [-0.39, 0.29) is 5.69 Å². The minimum Gasteiger partial charge on any atom is -0.411 e. The van der Waals surface area contributed by atoms with Gasteiger partial charge in [0.05, 0.1) is 6.21 Å². The Hall–Kier alpha value is -2.67. The van der Waals surface area contributed by atoms with Crippen LogP contribution in [0.4, 0.5) is 4.39 Å². The maximum Gasteiger partial charge on any atom is 0.150 e. The molecule has 0 bridgehead atoms. The highest BCUT2D eigenvalue weighted by Gasteiger charge is 2.01. The molecule has 0 unspecified atom stereocenters. The van der Waals surface area contributed by atoms with Gasteiger partial charge in [-0.1, -0.05) is 35.9 Å². The molecule has 0 spiro atoms. The van der Waals surface area contributed by atoms with Gasteiger partial charge in [0.25, 0.3) is 0 Å². The van der Waals surface area contributed by atoms with Gasteiger partial charge in [0, 0.05) is 5.57 Å². The van der Waals surface area contributed by atoms with E-state index in [1.54, 1.807) is 12.2 Å². The monoisotopic (exact) mass is 256 g/mol. The number of halogens is 1. The van der Waals surface area contributed by atoms with E-state index in [1.807, 2.05) is 19.1 Å². The summed E-state index contributed by atoms with van der Waals surface area (Å²) in [4.78, 5) is 3.91. The zero-order valence-corrected chi connectivity index (χ0v) is 10.5. The number of oxime groups is 1. The Kier molecular flexibility index (Phi) is 5.77. The van der Waals surface area contributed by atoms with Gasteiger partial charge in [-0.15, -0.1) is 0 Å². The Morgan fingerprint density at radius 2 is 2.32 bits per heavy atom. The molecular formula is C15H13FN2O. The van der Waals surface area contributed by atoms with Crippen molar-refractivity contribution in [2.45, 2.75) is 6.92 Å². The summed E-state index contributed by atoms with van der Waals surface area (Å²) in [7, 11) is 0. The predicted octanol–water partition coefficient (Wildman–Crippen LogP) is 3.07.